The van der Waals surface area contributed by atoms with E-state index in [0.29, 0.717) is 23.0 Å². The highest BCUT2D eigenvalue weighted by molar-refractivity contribution is 6.30. The van der Waals surface area contributed by atoms with Crippen molar-refractivity contribution in [1.82, 2.24) is 15.1 Å². The first-order chi connectivity index (χ1) is 12.6. The van der Waals surface area contributed by atoms with Crippen molar-refractivity contribution in [3.05, 3.63) is 64.8 Å². The molecule has 0 radical (unpaired) electrons. The number of nitrogens with zero attached hydrogens (tertiary/aromatic N) is 2. The van der Waals surface area contributed by atoms with Gasteiger partial charge in [0.15, 0.2) is 17.2 Å². The molecule has 3 aromatic rings. The van der Waals surface area contributed by atoms with Crippen molar-refractivity contribution in [1.29, 1.82) is 0 Å². The number of aromatic nitrogens is 2. The predicted octanol–water partition coefficient (Wildman–Crippen LogP) is 3.40. The third-order valence-electron chi connectivity index (χ3n) is 4.15. The SMILES string of the molecule is Cn1nc(C(=O)NCc2ccc(Cl)cc2)cc1-c1ccc2c(c1)OCO2. The van der Waals surface area contributed by atoms with Crippen molar-refractivity contribution < 1.29 is 14.3 Å². The summed E-state index contributed by atoms with van der Waals surface area (Å²) in [5.41, 5.74) is 3.05. The van der Waals surface area contributed by atoms with Gasteiger partial charge in [0.2, 0.25) is 6.79 Å². The Kier molecular flexibility index (Phi) is 4.26. The number of halogens is 1. The zero-order valence-electron chi connectivity index (χ0n) is 14.0. The molecule has 7 heteroatoms. The van der Waals surface area contributed by atoms with Crippen LogP contribution in [0.15, 0.2) is 48.5 Å². The van der Waals surface area contributed by atoms with Crippen LogP contribution in [0.2, 0.25) is 5.02 Å². The van der Waals surface area contributed by atoms with E-state index < -0.39 is 0 Å². The molecule has 1 aliphatic rings. The van der Waals surface area contributed by atoms with E-state index in [9.17, 15) is 4.79 Å². The number of carbonyl (C=O) groups excluding carboxylic acids is 1. The molecule has 2 aromatic carbocycles. The summed E-state index contributed by atoms with van der Waals surface area (Å²) in [4.78, 5) is 12.4. The molecular weight excluding hydrogens is 354 g/mol. The maximum absolute atomic E-state index is 12.4. The molecule has 26 heavy (non-hydrogen) atoms. The van der Waals surface area contributed by atoms with Crippen LogP contribution in [0.3, 0.4) is 0 Å². The molecule has 6 nitrogen and oxygen atoms in total. The van der Waals surface area contributed by atoms with Gasteiger partial charge in [0.1, 0.15) is 0 Å². The zero-order chi connectivity index (χ0) is 18.1. The van der Waals surface area contributed by atoms with Crippen LogP contribution in [0, 0.1) is 0 Å². The van der Waals surface area contributed by atoms with E-state index >= 15 is 0 Å². The molecule has 132 valence electrons. The maximum Gasteiger partial charge on any atom is 0.272 e. The van der Waals surface area contributed by atoms with Crippen LogP contribution < -0.4 is 14.8 Å². The molecule has 0 bridgehead atoms. The van der Waals surface area contributed by atoms with Crippen LogP contribution in [-0.4, -0.2) is 22.5 Å². The summed E-state index contributed by atoms with van der Waals surface area (Å²) in [5, 5.41) is 7.85. The standard InChI is InChI=1S/C19H16ClN3O3/c1-23-16(13-4-7-17-18(8-13)26-11-25-17)9-15(22-23)19(24)21-10-12-2-5-14(20)6-3-12/h2-9H,10-11H2,1H3,(H,21,24). The fourth-order valence-corrected chi connectivity index (χ4v) is 2.91. The molecule has 0 fully saturated rings. The van der Waals surface area contributed by atoms with E-state index in [1.807, 2.05) is 30.3 Å². The lowest BCUT2D eigenvalue weighted by Crippen LogP contribution is -2.23. The summed E-state index contributed by atoms with van der Waals surface area (Å²) in [5.74, 6) is 1.18. The lowest BCUT2D eigenvalue weighted by Gasteiger charge is -2.03. The topological polar surface area (TPSA) is 65.4 Å². The van der Waals surface area contributed by atoms with E-state index in [2.05, 4.69) is 10.4 Å². The molecule has 0 atom stereocenters. The van der Waals surface area contributed by atoms with E-state index in [1.165, 1.54) is 0 Å². The van der Waals surface area contributed by atoms with Crippen LogP contribution in [-0.2, 0) is 13.6 Å². The molecular formula is C19H16ClN3O3. The summed E-state index contributed by atoms with van der Waals surface area (Å²) < 4.78 is 12.4. The van der Waals surface area contributed by atoms with Crippen LogP contribution in [0.5, 0.6) is 11.5 Å². The molecule has 0 saturated carbocycles. The van der Waals surface area contributed by atoms with Gasteiger partial charge in [-0.15, -0.1) is 0 Å². The normalized spacial score (nSPS) is 12.2. The van der Waals surface area contributed by atoms with Crippen molar-refractivity contribution in [2.24, 2.45) is 7.05 Å². The number of ether oxygens (including phenoxy) is 2. The molecule has 1 amide bonds. The van der Waals surface area contributed by atoms with Gasteiger partial charge in [-0.05, 0) is 42.0 Å². The number of hydrogen-bond acceptors (Lipinski definition) is 4. The number of aryl methyl sites for hydroxylation is 1. The van der Waals surface area contributed by atoms with Crippen molar-refractivity contribution in [2.45, 2.75) is 6.54 Å². The Morgan fingerprint density at radius 2 is 1.92 bits per heavy atom. The Hall–Kier alpha value is -2.99. The fourth-order valence-electron chi connectivity index (χ4n) is 2.78. The lowest BCUT2D eigenvalue weighted by atomic mass is 10.1. The van der Waals surface area contributed by atoms with Crippen LogP contribution in [0.4, 0.5) is 0 Å². The summed E-state index contributed by atoms with van der Waals surface area (Å²) in [6.45, 7) is 0.633. The summed E-state index contributed by atoms with van der Waals surface area (Å²) in [7, 11) is 1.80. The first kappa shape index (κ1) is 16.5. The first-order valence-electron chi connectivity index (χ1n) is 8.07. The number of fused-ring (bicyclic) bond motifs is 1. The quantitative estimate of drug-likeness (QED) is 0.765. The van der Waals surface area contributed by atoms with Gasteiger partial charge in [0.25, 0.3) is 5.91 Å². The van der Waals surface area contributed by atoms with Gasteiger partial charge < -0.3 is 14.8 Å². The second-order valence-corrected chi connectivity index (χ2v) is 6.35. The molecule has 0 saturated heterocycles. The van der Waals surface area contributed by atoms with Crippen LogP contribution in [0.25, 0.3) is 11.3 Å². The summed E-state index contributed by atoms with van der Waals surface area (Å²) >= 11 is 5.87. The van der Waals surface area contributed by atoms with Gasteiger partial charge in [-0.25, -0.2) is 0 Å². The molecule has 0 unspecified atom stereocenters. The number of nitrogens with one attached hydrogen (secondary N) is 1. The smallest absolute Gasteiger partial charge is 0.272 e. The minimum Gasteiger partial charge on any atom is -0.454 e. The second kappa shape index (κ2) is 6.72. The molecule has 2 heterocycles. The van der Waals surface area contributed by atoms with E-state index in [-0.39, 0.29) is 12.7 Å². The largest absolute Gasteiger partial charge is 0.454 e. The number of carbonyl (C=O) groups is 1. The number of hydrogen-bond donors (Lipinski definition) is 1. The molecule has 0 spiro atoms. The number of rotatable bonds is 4. The monoisotopic (exact) mass is 369 g/mol. The highest BCUT2D eigenvalue weighted by Gasteiger charge is 2.18. The van der Waals surface area contributed by atoms with Crippen molar-refractivity contribution in [3.63, 3.8) is 0 Å². The Balaban J connectivity index is 1.50. The summed E-state index contributed by atoms with van der Waals surface area (Å²) in [6, 6.07) is 14.7. The average Bonchev–Trinajstić information content (AvgIpc) is 3.26. The van der Waals surface area contributed by atoms with Crippen molar-refractivity contribution >= 4 is 17.5 Å². The van der Waals surface area contributed by atoms with Gasteiger partial charge in [-0.1, -0.05) is 23.7 Å². The number of amides is 1. The van der Waals surface area contributed by atoms with Crippen molar-refractivity contribution in [3.8, 4) is 22.8 Å². The van der Waals surface area contributed by atoms with Gasteiger partial charge in [-0.3, -0.25) is 9.48 Å². The minimum absolute atomic E-state index is 0.225. The third kappa shape index (κ3) is 3.23. The Labute approximate surface area is 155 Å². The highest BCUT2D eigenvalue weighted by atomic mass is 35.5. The van der Waals surface area contributed by atoms with Crippen molar-refractivity contribution in [2.75, 3.05) is 6.79 Å². The molecule has 1 aliphatic heterocycles. The maximum atomic E-state index is 12.4. The fraction of sp³-hybridized carbons (Fsp3) is 0.158. The second-order valence-electron chi connectivity index (χ2n) is 5.92. The Bertz CT molecular complexity index is 967. The number of benzene rings is 2. The minimum atomic E-state index is -0.234. The van der Waals surface area contributed by atoms with Gasteiger partial charge in [0.05, 0.1) is 5.69 Å². The predicted molar refractivity (Wildman–Crippen MR) is 97.4 cm³/mol. The van der Waals surface area contributed by atoms with Crippen LogP contribution in [0.1, 0.15) is 16.1 Å². The van der Waals surface area contributed by atoms with E-state index in [0.717, 1.165) is 22.6 Å². The molecule has 1 aromatic heterocycles. The Morgan fingerprint density at radius 1 is 1.15 bits per heavy atom. The van der Waals surface area contributed by atoms with Gasteiger partial charge in [0, 0.05) is 24.2 Å². The van der Waals surface area contributed by atoms with E-state index in [1.54, 1.807) is 29.9 Å². The Morgan fingerprint density at radius 3 is 2.73 bits per heavy atom. The third-order valence-corrected chi connectivity index (χ3v) is 4.40. The molecule has 1 N–H and O–H groups in total. The van der Waals surface area contributed by atoms with Gasteiger partial charge >= 0.3 is 0 Å². The van der Waals surface area contributed by atoms with Crippen LogP contribution >= 0.6 is 11.6 Å². The lowest BCUT2D eigenvalue weighted by molar-refractivity contribution is 0.0945. The van der Waals surface area contributed by atoms with E-state index in [4.69, 9.17) is 21.1 Å². The molecule has 4 rings (SSSR count). The summed E-state index contributed by atoms with van der Waals surface area (Å²) in [6.07, 6.45) is 0. The average molecular weight is 370 g/mol. The van der Waals surface area contributed by atoms with Gasteiger partial charge in [-0.2, -0.15) is 5.10 Å². The highest BCUT2D eigenvalue weighted by Crippen LogP contribution is 2.35. The first-order valence-corrected chi connectivity index (χ1v) is 8.44. The zero-order valence-corrected chi connectivity index (χ0v) is 14.8. The molecule has 0 aliphatic carbocycles.